The van der Waals surface area contributed by atoms with Crippen LogP contribution in [0.1, 0.15) is 17.0 Å². The summed E-state index contributed by atoms with van der Waals surface area (Å²) in [5.41, 5.74) is -6.37. The van der Waals surface area contributed by atoms with Crippen molar-refractivity contribution in [1.29, 1.82) is 0 Å². The van der Waals surface area contributed by atoms with Crippen LogP contribution in [0.3, 0.4) is 0 Å². The maximum Gasteiger partial charge on any atom is 0.430 e. The van der Waals surface area contributed by atoms with Gasteiger partial charge in [0.15, 0.2) is 0 Å². The van der Waals surface area contributed by atoms with Crippen molar-refractivity contribution in [2.45, 2.75) is 24.4 Å². The molecule has 1 heterocycles. The first-order valence-corrected chi connectivity index (χ1v) is 10.4. The molecule has 0 aliphatic carbocycles. The van der Waals surface area contributed by atoms with E-state index in [9.17, 15) is 36.2 Å². The molecule has 0 saturated heterocycles. The van der Waals surface area contributed by atoms with E-state index in [0.717, 1.165) is 16.2 Å². The summed E-state index contributed by atoms with van der Waals surface area (Å²) in [6, 6.07) is 16.8. The lowest BCUT2D eigenvalue weighted by Gasteiger charge is -2.33. The third kappa shape index (κ3) is 4.28. The Morgan fingerprint density at radius 3 is 2.06 bits per heavy atom. The zero-order chi connectivity index (χ0) is 25.6. The molecule has 35 heavy (non-hydrogen) atoms. The quantitative estimate of drug-likeness (QED) is 0.344. The summed E-state index contributed by atoms with van der Waals surface area (Å²) >= 11 is 6.13. The molecule has 0 fully saturated rings. The van der Waals surface area contributed by atoms with Gasteiger partial charge in [0.1, 0.15) is 5.82 Å². The molecule has 0 spiro atoms. The van der Waals surface area contributed by atoms with E-state index in [2.05, 4.69) is 4.98 Å². The Hall–Kier alpha value is -3.37. The molecular formula is C24H15ClF6N2O2. The predicted molar refractivity (Wildman–Crippen MR) is 118 cm³/mol. The zero-order valence-corrected chi connectivity index (χ0v) is 18.3. The largest absolute Gasteiger partial charge is 0.430 e. The molecule has 4 nitrogen and oxygen atoms in total. The number of halogens is 7. The number of nitrogens with zero attached hydrogens (tertiary/aromatic N) is 2. The summed E-state index contributed by atoms with van der Waals surface area (Å²) in [5, 5.41) is 9.26. The van der Waals surface area contributed by atoms with Gasteiger partial charge in [-0.1, -0.05) is 60.1 Å². The molecule has 0 saturated carbocycles. The van der Waals surface area contributed by atoms with Gasteiger partial charge in [-0.2, -0.15) is 26.3 Å². The van der Waals surface area contributed by atoms with Crippen LogP contribution >= 0.6 is 11.6 Å². The van der Waals surface area contributed by atoms with Gasteiger partial charge < -0.3 is 5.11 Å². The molecule has 182 valence electrons. The van der Waals surface area contributed by atoms with E-state index in [1.807, 2.05) is 0 Å². The number of rotatable bonds is 4. The highest BCUT2D eigenvalue weighted by atomic mass is 35.5. The maximum atomic E-state index is 13.3. The van der Waals surface area contributed by atoms with Gasteiger partial charge >= 0.3 is 12.4 Å². The van der Waals surface area contributed by atoms with Crippen molar-refractivity contribution in [1.82, 2.24) is 9.55 Å². The number of benzene rings is 3. The first-order chi connectivity index (χ1) is 16.3. The molecule has 0 bridgehead atoms. The number of hydrogen-bond acceptors (Lipinski definition) is 3. The number of aliphatic hydroxyl groups is 1. The maximum absolute atomic E-state index is 13.3. The highest BCUT2D eigenvalue weighted by Crippen LogP contribution is 2.50. The van der Waals surface area contributed by atoms with Gasteiger partial charge in [0, 0.05) is 12.0 Å². The molecule has 0 radical (unpaired) electrons. The second-order valence-corrected chi connectivity index (χ2v) is 8.13. The van der Waals surface area contributed by atoms with Crippen LogP contribution in [0.25, 0.3) is 16.6 Å². The van der Waals surface area contributed by atoms with Gasteiger partial charge in [-0.3, -0.25) is 9.36 Å². The van der Waals surface area contributed by atoms with Crippen molar-refractivity contribution in [3.63, 3.8) is 0 Å². The van der Waals surface area contributed by atoms with E-state index in [1.165, 1.54) is 6.07 Å². The Bertz CT molecular complexity index is 1430. The smallest absolute Gasteiger partial charge is 0.369 e. The Kier molecular flexibility index (Phi) is 6.14. The summed E-state index contributed by atoms with van der Waals surface area (Å²) in [5.74, 6) is 0.163. The summed E-state index contributed by atoms with van der Waals surface area (Å²) in [4.78, 5) is 17.8. The third-order valence-electron chi connectivity index (χ3n) is 5.48. The molecule has 0 unspecified atom stereocenters. The molecule has 0 aliphatic heterocycles. The van der Waals surface area contributed by atoms with Crippen LogP contribution in [0.5, 0.6) is 0 Å². The van der Waals surface area contributed by atoms with Crippen molar-refractivity contribution < 1.29 is 31.4 Å². The lowest BCUT2D eigenvalue weighted by molar-refractivity contribution is -0.376. The van der Waals surface area contributed by atoms with E-state index in [1.54, 1.807) is 48.5 Å². The van der Waals surface area contributed by atoms with Crippen molar-refractivity contribution in [2.75, 3.05) is 0 Å². The fourth-order valence-corrected chi connectivity index (χ4v) is 3.99. The summed E-state index contributed by atoms with van der Waals surface area (Å²) < 4.78 is 80.9. The first-order valence-electron chi connectivity index (χ1n) is 10.1. The van der Waals surface area contributed by atoms with E-state index in [4.69, 9.17) is 11.6 Å². The third-order valence-corrected chi connectivity index (χ3v) is 5.78. The number of para-hydroxylation sites is 1. The molecule has 0 atom stereocenters. The van der Waals surface area contributed by atoms with E-state index < -0.39 is 34.1 Å². The van der Waals surface area contributed by atoms with Gasteiger partial charge in [0.25, 0.3) is 11.2 Å². The molecule has 1 aromatic heterocycles. The second kappa shape index (κ2) is 8.69. The van der Waals surface area contributed by atoms with Crippen LogP contribution in [0.4, 0.5) is 26.3 Å². The van der Waals surface area contributed by atoms with Crippen molar-refractivity contribution in [2.24, 2.45) is 0 Å². The number of hydrogen-bond donors (Lipinski definition) is 1. The average Bonchev–Trinajstić information content (AvgIpc) is 2.78. The minimum atomic E-state index is -6.07. The molecular weight excluding hydrogens is 498 g/mol. The molecule has 3 aromatic carbocycles. The first kappa shape index (κ1) is 24.7. The monoisotopic (exact) mass is 512 g/mol. The standard InChI is InChI=1S/C24H15ClF6N2O2/c25-17-13-15(22(35,23(26,27)28)24(29,30)31)10-11-19(17)33-20(12-14-6-2-1-3-7-14)32-18-9-5-4-8-16(18)21(33)34/h1-11,13,35H,12H2. The van der Waals surface area contributed by atoms with E-state index in [0.29, 0.717) is 17.6 Å². The molecule has 0 amide bonds. The number of alkyl halides is 6. The minimum Gasteiger partial charge on any atom is -0.369 e. The normalized spacial score (nSPS) is 12.8. The predicted octanol–water partition coefficient (Wildman–Crippen LogP) is 5.94. The van der Waals surface area contributed by atoms with Crippen molar-refractivity contribution in [3.8, 4) is 5.69 Å². The average molecular weight is 513 g/mol. The van der Waals surface area contributed by atoms with E-state index >= 15 is 0 Å². The van der Waals surface area contributed by atoms with Gasteiger partial charge in [-0.25, -0.2) is 4.98 Å². The van der Waals surface area contributed by atoms with Crippen LogP contribution in [-0.2, 0) is 12.0 Å². The number of aromatic nitrogens is 2. The molecule has 1 N–H and O–H groups in total. The molecule has 0 aliphatic rings. The summed E-state index contributed by atoms with van der Waals surface area (Å²) in [7, 11) is 0. The molecule has 4 rings (SSSR count). The summed E-state index contributed by atoms with van der Waals surface area (Å²) in [6.07, 6.45) is -12.0. The van der Waals surface area contributed by atoms with Crippen LogP contribution in [0.2, 0.25) is 5.02 Å². The molecule has 4 aromatic rings. The lowest BCUT2D eigenvalue weighted by Crippen LogP contribution is -2.53. The fourth-order valence-electron chi connectivity index (χ4n) is 3.73. The SMILES string of the molecule is O=c1c2ccccc2nc(Cc2ccccc2)n1-c1ccc(C(O)(C(F)(F)F)C(F)(F)F)cc1Cl. The highest BCUT2D eigenvalue weighted by Gasteiger charge is 2.71. The highest BCUT2D eigenvalue weighted by molar-refractivity contribution is 6.32. The lowest BCUT2D eigenvalue weighted by atomic mass is 9.92. The summed E-state index contributed by atoms with van der Waals surface area (Å²) in [6.45, 7) is 0. The van der Waals surface area contributed by atoms with Crippen molar-refractivity contribution in [3.05, 3.63) is 105 Å². The van der Waals surface area contributed by atoms with Crippen LogP contribution in [0.15, 0.2) is 77.6 Å². The van der Waals surface area contributed by atoms with Gasteiger partial charge in [0.05, 0.1) is 21.6 Å². The van der Waals surface area contributed by atoms with Crippen molar-refractivity contribution >= 4 is 22.5 Å². The number of fused-ring (bicyclic) bond motifs is 1. The van der Waals surface area contributed by atoms with Gasteiger partial charge in [-0.15, -0.1) is 0 Å². The Labute approximate surface area is 199 Å². The van der Waals surface area contributed by atoms with Gasteiger partial charge in [-0.05, 0) is 29.8 Å². The topological polar surface area (TPSA) is 55.1 Å². The minimum absolute atomic E-state index is 0.119. The van der Waals surface area contributed by atoms with Gasteiger partial charge in [0.2, 0.25) is 0 Å². The Balaban J connectivity index is 1.95. The second-order valence-electron chi connectivity index (χ2n) is 7.72. The van der Waals surface area contributed by atoms with Crippen LogP contribution < -0.4 is 5.56 Å². The van der Waals surface area contributed by atoms with Crippen LogP contribution in [-0.4, -0.2) is 27.0 Å². The fraction of sp³-hybridized carbons (Fsp3) is 0.167. The Morgan fingerprint density at radius 1 is 0.857 bits per heavy atom. The van der Waals surface area contributed by atoms with Crippen LogP contribution in [0, 0.1) is 0 Å². The van der Waals surface area contributed by atoms with E-state index in [-0.39, 0.29) is 23.3 Å². The Morgan fingerprint density at radius 2 is 1.46 bits per heavy atom. The zero-order valence-electron chi connectivity index (χ0n) is 17.5. The molecule has 11 heteroatoms.